The molecule has 3 N–H and O–H groups in total. The number of primary sulfonamides is 1. The number of aromatic nitrogens is 1. The standard InChI is InChI=1S/C28H26N4O5S/c1-18-6-8-19(9-7-18)27(34)31(15-14-20-17-30-24-5-3-2-4-23(20)24)25-16-26(33)32(28(25)35)21-10-12-22(13-11-21)38(29,36)37/h2-13,17,25,30H,14-16H2,1H3,(H2,29,36,37). The average molecular weight is 531 g/mol. The molecule has 3 amide bonds. The van der Waals surface area contributed by atoms with Crippen LogP contribution in [0.4, 0.5) is 5.69 Å². The fourth-order valence-electron chi connectivity index (χ4n) is 4.76. The van der Waals surface area contributed by atoms with E-state index in [1.165, 1.54) is 29.2 Å². The summed E-state index contributed by atoms with van der Waals surface area (Å²) in [4.78, 5) is 45.8. The highest BCUT2D eigenvalue weighted by Crippen LogP contribution is 2.28. The largest absolute Gasteiger partial charge is 0.361 e. The summed E-state index contributed by atoms with van der Waals surface area (Å²) in [6.45, 7) is 2.14. The third-order valence-electron chi connectivity index (χ3n) is 6.78. The van der Waals surface area contributed by atoms with Crippen LogP contribution in [-0.2, 0) is 26.0 Å². The molecule has 1 unspecified atom stereocenters. The van der Waals surface area contributed by atoms with Crippen LogP contribution in [0.1, 0.15) is 27.9 Å². The van der Waals surface area contributed by atoms with Crippen LogP contribution in [0, 0.1) is 6.92 Å². The van der Waals surface area contributed by atoms with Gasteiger partial charge in [0.2, 0.25) is 15.9 Å². The molecule has 0 spiro atoms. The van der Waals surface area contributed by atoms with Gasteiger partial charge in [0, 0.05) is 29.2 Å². The van der Waals surface area contributed by atoms with Crippen molar-refractivity contribution in [1.82, 2.24) is 9.88 Å². The van der Waals surface area contributed by atoms with Gasteiger partial charge in [-0.1, -0.05) is 35.9 Å². The van der Waals surface area contributed by atoms with E-state index in [4.69, 9.17) is 5.14 Å². The Kier molecular flexibility index (Phi) is 6.60. The van der Waals surface area contributed by atoms with Crippen LogP contribution in [0.2, 0.25) is 0 Å². The SMILES string of the molecule is Cc1ccc(C(=O)N(CCc2c[nH]c3ccccc23)C2CC(=O)N(c3ccc(S(N)(=O)=O)cc3)C2=O)cc1. The predicted molar refractivity (Wildman–Crippen MR) is 143 cm³/mol. The van der Waals surface area contributed by atoms with Gasteiger partial charge in [0.1, 0.15) is 6.04 Å². The van der Waals surface area contributed by atoms with Crippen molar-refractivity contribution in [3.63, 3.8) is 0 Å². The van der Waals surface area contributed by atoms with E-state index in [2.05, 4.69) is 4.98 Å². The minimum atomic E-state index is -3.93. The molecule has 1 aliphatic heterocycles. The van der Waals surface area contributed by atoms with Crippen molar-refractivity contribution in [1.29, 1.82) is 0 Å². The monoisotopic (exact) mass is 530 g/mol. The molecule has 0 aliphatic carbocycles. The Bertz CT molecular complexity index is 1640. The molecule has 1 aliphatic rings. The smallest absolute Gasteiger partial charge is 0.257 e. The maximum Gasteiger partial charge on any atom is 0.257 e. The van der Waals surface area contributed by atoms with Gasteiger partial charge in [-0.2, -0.15) is 0 Å². The summed E-state index contributed by atoms with van der Waals surface area (Å²) in [5.74, 6) is -1.36. The number of benzene rings is 3. The highest BCUT2D eigenvalue weighted by atomic mass is 32.2. The summed E-state index contributed by atoms with van der Waals surface area (Å²) < 4.78 is 23.2. The lowest BCUT2D eigenvalue weighted by atomic mass is 10.1. The second kappa shape index (κ2) is 9.88. The van der Waals surface area contributed by atoms with Crippen LogP contribution in [0.5, 0.6) is 0 Å². The van der Waals surface area contributed by atoms with Crippen LogP contribution in [-0.4, -0.2) is 48.6 Å². The topological polar surface area (TPSA) is 134 Å². The molecule has 9 nitrogen and oxygen atoms in total. The lowest BCUT2D eigenvalue weighted by Crippen LogP contribution is -2.46. The van der Waals surface area contributed by atoms with Gasteiger partial charge < -0.3 is 9.88 Å². The Morgan fingerprint density at radius 2 is 1.71 bits per heavy atom. The van der Waals surface area contributed by atoms with Crippen molar-refractivity contribution in [2.75, 3.05) is 11.4 Å². The number of sulfonamides is 1. The molecule has 10 heteroatoms. The van der Waals surface area contributed by atoms with E-state index in [-0.39, 0.29) is 29.5 Å². The number of carbonyl (C=O) groups is 3. The zero-order chi connectivity index (χ0) is 27.0. The van der Waals surface area contributed by atoms with E-state index in [9.17, 15) is 22.8 Å². The number of hydrogen-bond acceptors (Lipinski definition) is 5. The van der Waals surface area contributed by atoms with Gasteiger partial charge in [-0.3, -0.25) is 14.4 Å². The first-order valence-corrected chi connectivity index (χ1v) is 13.6. The average Bonchev–Trinajstić information content (AvgIpc) is 3.44. The lowest BCUT2D eigenvalue weighted by Gasteiger charge is -2.28. The Morgan fingerprint density at radius 1 is 1.03 bits per heavy atom. The number of rotatable bonds is 7. The molecule has 3 aromatic carbocycles. The molecule has 1 fully saturated rings. The number of fused-ring (bicyclic) bond motifs is 1. The number of amides is 3. The second-order valence-corrected chi connectivity index (χ2v) is 10.9. The maximum absolute atomic E-state index is 13.7. The zero-order valence-electron chi connectivity index (χ0n) is 20.6. The Labute approximate surface area is 219 Å². The number of hydrogen-bond donors (Lipinski definition) is 2. The lowest BCUT2D eigenvalue weighted by molar-refractivity contribution is -0.122. The van der Waals surface area contributed by atoms with Gasteiger partial charge >= 0.3 is 0 Å². The fourth-order valence-corrected chi connectivity index (χ4v) is 5.27. The van der Waals surface area contributed by atoms with Gasteiger partial charge in [-0.15, -0.1) is 0 Å². The number of aromatic amines is 1. The van der Waals surface area contributed by atoms with E-state index in [1.54, 1.807) is 12.1 Å². The number of H-pyrrole nitrogens is 1. The summed E-state index contributed by atoms with van der Waals surface area (Å²) >= 11 is 0. The van der Waals surface area contributed by atoms with Crippen LogP contribution < -0.4 is 10.0 Å². The molecular weight excluding hydrogens is 504 g/mol. The van der Waals surface area contributed by atoms with Crippen molar-refractivity contribution >= 4 is 44.3 Å². The molecule has 194 valence electrons. The van der Waals surface area contributed by atoms with Crippen LogP contribution in [0.15, 0.2) is 83.9 Å². The van der Waals surface area contributed by atoms with Gasteiger partial charge in [0.05, 0.1) is 17.0 Å². The molecule has 1 aromatic heterocycles. The first-order chi connectivity index (χ1) is 18.1. The van der Waals surface area contributed by atoms with Gasteiger partial charge in [0.15, 0.2) is 0 Å². The zero-order valence-corrected chi connectivity index (χ0v) is 21.4. The number of para-hydroxylation sites is 1. The van der Waals surface area contributed by atoms with Gasteiger partial charge in [-0.05, 0) is 61.4 Å². The minimum Gasteiger partial charge on any atom is -0.361 e. The van der Waals surface area contributed by atoms with Crippen molar-refractivity contribution in [3.8, 4) is 0 Å². The molecule has 5 rings (SSSR count). The molecule has 1 saturated heterocycles. The molecule has 38 heavy (non-hydrogen) atoms. The molecule has 0 saturated carbocycles. The highest BCUT2D eigenvalue weighted by Gasteiger charge is 2.44. The van der Waals surface area contributed by atoms with E-state index in [0.717, 1.165) is 26.9 Å². The van der Waals surface area contributed by atoms with Crippen molar-refractivity contribution in [3.05, 3.63) is 95.7 Å². The highest BCUT2D eigenvalue weighted by molar-refractivity contribution is 7.89. The molecule has 1 atom stereocenters. The number of aryl methyl sites for hydroxylation is 1. The summed E-state index contributed by atoms with van der Waals surface area (Å²) in [5, 5.41) is 6.19. The second-order valence-electron chi connectivity index (χ2n) is 9.30. The number of nitrogens with two attached hydrogens (primary N) is 1. The number of nitrogens with one attached hydrogen (secondary N) is 1. The summed E-state index contributed by atoms with van der Waals surface area (Å²) in [5.41, 5.74) is 3.60. The Balaban J connectivity index is 1.45. The van der Waals surface area contributed by atoms with E-state index in [0.29, 0.717) is 12.0 Å². The third kappa shape index (κ3) is 4.83. The summed E-state index contributed by atoms with van der Waals surface area (Å²) in [6.07, 6.45) is 2.18. The summed E-state index contributed by atoms with van der Waals surface area (Å²) in [6, 6.07) is 19.1. The molecule has 2 heterocycles. The quantitative estimate of drug-likeness (QED) is 0.354. The van der Waals surface area contributed by atoms with Gasteiger partial charge in [-0.25, -0.2) is 18.5 Å². The third-order valence-corrected chi connectivity index (χ3v) is 7.71. The van der Waals surface area contributed by atoms with Crippen LogP contribution in [0.3, 0.4) is 0 Å². The predicted octanol–water partition coefficient (Wildman–Crippen LogP) is 3.14. The molecule has 0 radical (unpaired) electrons. The fraction of sp³-hybridized carbons (Fsp3) is 0.179. The van der Waals surface area contributed by atoms with E-state index in [1.807, 2.05) is 49.5 Å². The van der Waals surface area contributed by atoms with Crippen LogP contribution >= 0.6 is 0 Å². The number of carbonyl (C=O) groups excluding carboxylic acids is 3. The van der Waals surface area contributed by atoms with Gasteiger partial charge in [0.25, 0.3) is 11.8 Å². The van der Waals surface area contributed by atoms with Crippen LogP contribution in [0.25, 0.3) is 10.9 Å². The molecule has 0 bridgehead atoms. The minimum absolute atomic E-state index is 0.133. The first-order valence-electron chi connectivity index (χ1n) is 12.1. The molecular formula is C28H26N4O5S. The molecule has 4 aromatic rings. The number of imide groups is 1. The summed E-state index contributed by atoms with van der Waals surface area (Å²) in [7, 11) is -3.93. The number of anilines is 1. The Hall–Kier alpha value is -4.28. The maximum atomic E-state index is 13.7. The Morgan fingerprint density at radius 3 is 2.39 bits per heavy atom. The first kappa shape index (κ1) is 25.4. The van der Waals surface area contributed by atoms with Crippen molar-refractivity contribution < 1.29 is 22.8 Å². The number of nitrogens with zero attached hydrogens (tertiary/aromatic N) is 2. The normalized spacial score (nSPS) is 15.8. The van der Waals surface area contributed by atoms with Crippen molar-refractivity contribution in [2.45, 2.75) is 30.7 Å². The van der Waals surface area contributed by atoms with E-state index >= 15 is 0 Å². The van der Waals surface area contributed by atoms with E-state index < -0.39 is 27.9 Å². The van der Waals surface area contributed by atoms with Crippen molar-refractivity contribution in [2.24, 2.45) is 5.14 Å².